The van der Waals surface area contributed by atoms with Gasteiger partial charge in [0.1, 0.15) is 5.69 Å². The van der Waals surface area contributed by atoms with Crippen LogP contribution in [0.15, 0.2) is 58.4 Å². The Hall–Kier alpha value is -3.41. The Morgan fingerprint density at radius 2 is 1.80 bits per heavy atom. The quantitative estimate of drug-likeness (QED) is 0.446. The van der Waals surface area contributed by atoms with Gasteiger partial charge in [0.2, 0.25) is 21.7 Å². The normalized spacial score (nSPS) is 16.7. The number of ether oxygens (including phenoxy) is 1. The number of aromatic nitrogens is 2. The highest BCUT2D eigenvalue weighted by Crippen LogP contribution is 2.31. The van der Waals surface area contributed by atoms with Crippen molar-refractivity contribution in [1.29, 1.82) is 0 Å². The van der Waals surface area contributed by atoms with Gasteiger partial charge in [-0.25, -0.2) is 8.42 Å². The number of aryl methyl sites for hydroxylation is 1. The lowest BCUT2D eigenvalue weighted by molar-refractivity contribution is -0.114. The molecule has 2 heterocycles. The first-order valence-corrected chi connectivity index (χ1v) is 15.1. The molecule has 12 heteroatoms. The molecule has 1 saturated heterocycles. The molecular weight excluding hydrogens is 554 g/mol. The predicted molar refractivity (Wildman–Crippen MR) is 154 cm³/mol. The van der Waals surface area contributed by atoms with Crippen LogP contribution < -0.4 is 20.5 Å². The SMILES string of the molecule is CC(=O)Nc1ccc(S(=O)(=O)N2CCN(c3cnn(-c4cccc(Cl)c4)c(=O)c3OC3CCCC3)CC2)c(C)c1. The fraction of sp³-hybridized carbons (Fsp3) is 0.393. The average Bonchev–Trinajstić information content (AvgIpc) is 3.43. The highest BCUT2D eigenvalue weighted by atomic mass is 35.5. The summed E-state index contributed by atoms with van der Waals surface area (Å²) in [7, 11) is -3.76. The number of hydrogen-bond acceptors (Lipinski definition) is 7. The van der Waals surface area contributed by atoms with Gasteiger partial charge in [-0.15, -0.1) is 0 Å². The summed E-state index contributed by atoms with van der Waals surface area (Å²) in [4.78, 5) is 27.2. The molecule has 40 heavy (non-hydrogen) atoms. The summed E-state index contributed by atoms with van der Waals surface area (Å²) in [5.41, 5.74) is 1.81. The van der Waals surface area contributed by atoms with Gasteiger partial charge in [0.05, 0.1) is 22.9 Å². The van der Waals surface area contributed by atoms with Crippen LogP contribution in [0.1, 0.15) is 38.2 Å². The van der Waals surface area contributed by atoms with Crippen molar-refractivity contribution in [1.82, 2.24) is 14.1 Å². The molecule has 1 aliphatic carbocycles. The standard InChI is InChI=1S/C28H32ClN5O5S/c1-19-16-22(31-20(2)35)10-11-26(19)40(37,38)33-14-12-32(13-15-33)25-18-30-34(23-7-5-6-21(29)17-23)28(36)27(25)39-24-8-3-4-9-24/h5-7,10-11,16-18,24H,3-4,8-9,12-15H2,1-2H3,(H,31,35). The van der Waals surface area contributed by atoms with Crippen LogP contribution in [0.3, 0.4) is 0 Å². The average molecular weight is 586 g/mol. The molecule has 2 aromatic carbocycles. The molecule has 0 bridgehead atoms. The molecule has 0 radical (unpaired) electrons. The summed E-state index contributed by atoms with van der Waals surface area (Å²) in [6.45, 7) is 4.31. The molecule has 1 aliphatic heterocycles. The molecule has 212 valence electrons. The number of amides is 1. The summed E-state index contributed by atoms with van der Waals surface area (Å²) < 4.78 is 36.0. The second-order valence-corrected chi connectivity index (χ2v) is 12.5. The predicted octanol–water partition coefficient (Wildman–Crippen LogP) is 3.99. The fourth-order valence-corrected chi connectivity index (χ4v) is 7.07. The molecule has 1 amide bonds. The number of carbonyl (C=O) groups is 1. The molecule has 1 N–H and O–H groups in total. The lowest BCUT2D eigenvalue weighted by Crippen LogP contribution is -2.49. The number of halogens is 1. The van der Waals surface area contributed by atoms with Gasteiger partial charge in [0.15, 0.2) is 0 Å². The van der Waals surface area contributed by atoms with E-state index in [0.717, 1.165) is 25.7 Å². The first-order chi connectivity index (χ1) is 19.1. The Kier molecular flexibility index (Phi) is 8.16. The Morgan fingerprint density at radius 3 is 2.45 bits per heavy atom. The van der Waals surface area contributed by atoms with Crippen molar-refractivity contribution >= 4 is 38.9 Å². The third-order valence-electron chi connectivity index (χ3n) is 7.25. The molecule has 5 rings (SSSR count). The lowest BCUT2D eigenvalue weighted by atomic mass is 10.2. The minimum atomic E-state index is -3.76. The molecule has 1 aromatic heterocycles. The number of carbonyl (C=O) groups excluding carboxylic acids is 1. The van der Waals surface area contributed by atoms with E-state index in [0.29, 0.717) is 40.7 Å². The maximum absolute atomic E-state index is 13.6. The molecule has 3 aromatic rings. The van der Waals surface area contributed by atoms with Gasteiger partial charge in [0.25, 0.3) is 0 Å². The number of benzene rings is 2. The van der Waals surface area contributed by atoms with Gasteiger partial charge in [0, 0.05) is 43.8 Å². The highest BCUT2D eigenvalue weighted by Gasteiger charge is 2.32. The Labute approximate surface area is 238 Å². The molecule has 0 atom stereocenters. The van der Waals surface area contributed by atoms with E-state index in [1.54, 1.807) is 49.5 Å². The Bertz CT molecular complexity index is 1580. The zero-order chi connectivity index (χ0) is 28.4. The van der Waals surface area contributed by atoms with E-state index in [-0.39, 0.29) is 41.3 Å². The number of sulfonamides is 1. The largest absolute Gasteiger partial charge is 0.483 e. The minimum Gasteiger partial charge on any atom is -0.483 e. The second kappa shape index (κ2) is 11.6. The molecule has 10 nitrogen and oxygen atoms in total. The summed E-state index contributed by atoms with van der Waals surface area (Å²) in [6, 6.07) is 11.7. The highest BCUT2D eigenvalue weighted by molar-refractivity contribution is 7.89. The maximum atomic E-state index is 13.6. The summed E-state index contributed by atoms with van der Waals surface area (Å²) in [6.07, 6.45) is 5.42. The topological polar surface area (TPSA) is 114 Å². The Balaban J connectivity index is 1.39. The van der Waals surface area contributed by atoms with E-state index < -0.39 is 10.0 Å². The van der Waals surface area contributed by atoms with E-state index in [2.05, 4.69) is 10.4 Å². The third-order valence-corrected chi connectivity index (χ3v) is 9.54. The zero-order valence-electron chi connectivity index (χ0n) is 22.5. The van der Waals surface area contributed by atoms with Gasteiger partial charge in [-0.2, -0.15) is 14.1 Å². The van der Waals surface area contributed by atoms with Gasteiger partial charge >= 0.3 is 5.56 Å². The van der Waals surface area contributed by atoms with E-state index in [9.17, 15) is 18.0 Å². The van der Waals surface area contributed by atoms with Crippen molar-refractivity contribution in [3.63, 3.8) is 0 Å². The summed E-state index contributed by atoms with van der Waals surface area (Å²) in [5, 5.41) is 7.58. The van der Waals surface area contributed by atoms with Crippen molar-refractivity contribution in [2.24, 2.45) is 0 Å². The molecule has 0 unspecified atom stereocenters. The van der Waals surface area contributed by atoms with Crippen LogP contribution in [0.25, 0.3) is 5.69 Å². The van der Waals surface area contributed by atoms with E-state index >= 15 is 0 Å². The number of nitrogens with one attached hydrogen (secondary N) is 1. The first kappa shape index (κ1) is 28.1. The van der Waals surface area contributed by atoms with Gasteiger partial charge in [-0.1, -0.05) is 17.7 Å². The maximum Gasteiger partial charge on any atom is 0.316 e. The van der Waals surface area contributed by atoms with Gasteiger partial charge < -0.3 is 15.0 Å². The van der Waals surface area contributed by atoms with Crippen LogP contribution in [0.5, 0.6) is 5.75 Å². The number of piperazine rings is 1. The minimum absolute atomic E-state index is 0.0493. The second-order valence-electron chi connectivity index (χ2n) is 10.1. The molecule has 2 aliphatic rings. The lowest BCUT2D eigenvalue weighted by Gasteiger charge is -2.36. The van der Waals surface area contributed by atoms with Crippen molar-refractivity contribution in [2.45, 2.75) is 50.5 Å². The molecule has 0 spiro atoms. The van der Waals surface area contributed by atoms with E-state index in [1.165, 1.54) is 22.0 Å². The van der Waals surface area contributed by atoms with Crippen LogP contribution in [-0.2, 0) is 14.8 Å². The van der Waals surface area contributed by atoms with Crippen LogP contribution in [0.4, 0.5) is 11.4 Å². The van der Waals surface area contributed by atoms with Crippen LogP contribution in [-0.4, -0.2) is 60.7 Å². The van der Waals surface area contributed by atoms with Crippen molar-refractivity contribution in [3.8, 4) is 11.4 Å². The fourth-order valence-electron chi connectivity index (χ4n) is 5.26. The van der Waals surface area contributed by atoms with Gasteiger partial charge in [-0.3, -0.25) is 9.59 Å². The summed E-state index contributed by atoms with van der Waals surface area (Å²) >= 11 is 6.16. The van der Waals surface area contributed by atoms with Crippen molar-refractivity contribution < 1.29 is 17.9 Å². The third kappa shape index (κ3) is 5.86. The molecular formula is C28H32ClN5O5S. The van der Waals surface area contributed by atoms with E-state index in [1.807, 2.05) is 4.90 Å². The van der Waals surface area contributed by atoms with Crippen LogP contribution in [0.2, 0.25) is 5.02 Å². The monoisotopic (exact) mass is 585 g/mol. The molecule has 1 saturated carbocycles. The van der Waals surface area contributed by atoms with Crippen LogP contribution >= 0.6 is 11.6 Å². The van der Waals surface area contributed by atoms with Crippen molar-refractivity contribution in [3.05, 3.63) is 69.6 Å². The first-order valence-electron chi connectivity index (χ1n) is 13.3. The summed E-state index contributed by atoms with van der Waals surface area (Å²) in [5.74, 6) is -0.000257. The zero-order valence-corrected chi connectivity index (χ0v) is 24.0. The Morgan fingerprint density at radius 1 is 1.07 bits per heavy atom. The van der Waals surface area contributed by atoms with Gasteiger partial charge in [-0.05, 0) is 74.6 Å². The van der Waals surface area contributed by atoms with Crippen molar-refractivity contribution in [2.75, 3.05) is 36.4 Å². The smallest absolute Gasteiger partial charge is 0.316 e. The number of anilines is 2. The molecule has 2 fully saturated rings. The number of nitrogens with zero attached hydrogens (tertiary/aromatic N) is 4. The number of rotatable bonds is 7. The van der Waals surface area contributed by atoms with E-state index in [4.69, 9.17) is 16.3 Å². The number of hydrogen-bond donors (Lipinski definition) is 1. The van der Waals surface area contributed by atoms with Crippen LogP contribution in [0, 0.1) is 6.92 Å².